The van der Waals surface area contributed by atoms with E-state index in [1.54, 1.807) is 0 Å². The molecule has 0 fully saturated rings. The second-order valence-electron chi connectivity index (χ2n) is 4.58. The average Bonchev–Trinajstić information content (AvgIpc) is 2.45. The molecule has 0 saturated heterocycles. The first kappa shape index (κ1) is 14.5. The minimum atomic E-state index is -0.564. The molecule has 4 heteroatoms. The van der Waals surface area contributed by atoms with Crippen molar-refractivity contribution in [2.24, 2.45) is 0 Å². The molecule has 0 aliphatic heterocycles. The molecule has 1 unspecified atom stereocenters. The van der Waals surface area contributed by atoms with Crippen molar-refractivity contribution in [3.05, 3.63) is 65.2 Å². The molecule has 0 radical (unpaired) electrons. The van der Waals surface area contributed by atoms with Gasteiger partial charge in [-0.1, -0.05) is 24.3 Å². The molecule has 106 valence electrons. The maximum atomic E-state index is 13.5. The highest BCUT2D eigenvalue weighted by Crippen LogP contribution is 2.22. The molecular weight excluding hydrogens is 260 g/mol. The molecule has 2 aromatic rings. The zero-order chi connectivity index (χ0) is 14.5. The standard InChI is InChI=1S/C16H17F2NO/c1-11-5-3-4-6-13(11)15(19-2)10-20-16-9-12(17)7-8-14(16)18/h3-9,15,19H,10H2,1-2H3. The summed E-state index contributed by atoms with van der Waals surface area (Å²) in [4.78, 5) is 0. The van der Waals surface area contributed by atoms with Gasteiger partial charge in [0.15, 0.2) is 11.6 Å². The fourth-order valence-electron chi connectivity index (χ4n) is 2.07. The maximum absolute atomic E-state index is 13.5. The molecule has 0 aromatic heterocycles. The molecule has 0 aliphatic rings. The molecule has 1 N–H and O–H groups in total. The quantitative estimate of drug-likeness (QED) is 0.901. The Morgan fingerprint density at radius 2 is 1.90 bits per heavy atom. The number of aryl methyl sites for hydroxylation is 1. The van der Waals surface area contributed by atoms with E-state index in [0.717, 1.165) is 29.3 Å². The highest BCUT2D eigenvalue weighted by molar-refractivity contribution is 5.29. The summed E-state index contributed by atoms with van der Waals surface area (Å²) in [6.07, 6.45) is 0. The van der Waals surface area contributed by atoms with Crippen LogP contribution >= 0.6 is 0 Å². The monoisotopic (exact) mass is 277 g/mol. The highest BCUT2D eigenvalue weighted by atomic mass is 19.1. The summed E-state index contributed by atoms with van der Waals surface area (Å²) < 4.78 is 32.0. The Kier molecular flexibility index (Phi) is 4.69. The fourth-order valence-corrected chi connectivity index (χ4v) is 2.07. The van der Waals surface area contributed by atoms with Gasteiger partial charge in [0.2, 0.25) is 0 Å². The van der Waals surface area contributed by atoms with Gasteiger partial charge in [0, 0.05) is 6.07 Å². The van der Waals surface area contributed by atoms with Crippen molar-refractivity contribution in [1.29, 1.82) is 0 Å². The molecule has 0 saturated carbocycles. The average molecular weight is 277 g/mol. The van der Waals surface area contributed by atoms with Crippen LogP contribution in [0.25, 0.3) is 0 Å². The van der Waals surface area contributed by atoms with Gasteiger partial charge in [-0.25, -0.2) is 8.78 Å². The van der Waals surface area contributed by atoms with Gasteiger partial charge in [-0.15, -0.1) is 0 Å². The van der Waals surface area contributed by atoms with Gasteiger partial charge < -0.3 is 10.1 Å². The minimum Gasteiger partial charge on any atom is -0.488 e. The predicted molar refractivity (Wildman–Crippen MR) is 74.8 cm³/mol. The van der Waals surface area contributed by atoms with E-state index in [2.05, 4.69) is 5.32 Å². The third-order valence-electron chi connectivity index (χ3n) is 3.21. The Labute approximate surface area is 117 Å². The van der Waals surface area contributed by atoms with Crippen molar-refractivity contribution >= 4 is 0 Å². The summed E-state index contributed by atoms with van der Waals surface area (Å²) in [6.45, 7) is 2.23. The number of nitrogens with one attached hydrogen (secondary N) is 1. The smallest absolute Gasteiger partial charge is 0.165 e. The second-order valence-corrected chi connectivity index (χ2v) is 4.58. The largest absolute Gasteiger partial charge is 0.488 e. The first-order valence-electron chi connectivity index (χ1n) is 6.42. The number of benzene rings is 2. The fraction of sp³-hybridized carbons (Fsp3) is 0.250. The van der Waals surface area contributed by atoms with Crippen molar-refractivity contribution in [2.75, 3.05) is 13.7 Å². The lowest BCUT2D eigenvalue weighted by Crippen LogP contribution is -2.24. The molecule has 20 heavy (non-hydrogen) atoms. The number of halogens is 2. The van der Waals surface area contributed by atoms with E-state index in [1.165, 1.54) is 0 Å². The molecule has 0 spiro atoms. The highest BCUT2D eigenvalue weighted by Gasteiger charge is 2.13. The molecule has 0 heterocycles. The van der Waals surface area contributed by atoms with Gasteiger partial charge in [0.05, 0.1) is 6.04 Å². The molecule has 0 bridgehead atoms. The summed E-state index contributed by atoms with van der Waals surface area (Å²) >= 11 is 0. The second kappa shape index (κ2) is 6.48. The lowest BCUT2D eigenvalue weighted by atomic mass is 10.0. The molecule has 0 aliphatic carbocycles. The van der Waals surface area contributed by atoms with Crippen LogP contribution in [0.4, 0.5) is 8.78 Å². The summed E-state index contributed by atoms with van der Waals surface area (Å²) in [5.41, 5.74) is 2.20. The molecule has 2 nitrogen and oxygen atoms in total. The number of likely N-dealkylation sites (N-methyl/N-ethyl adjacent to an activating group) is 1. The first-order chi connectivity index (χ1) is 9.61. The zero-order valence-electron chi connectivity index (χ0n) is 11.5. The Morgan fingerprint density at radius 3 is 2.60 bits per heavy atom. The Bertz CT molecular complexity index is 586. The van der Waals surface area contributed by atoms with Crippen LogP contribution in [0.1, 0.15) is 17.2 Å². The summed E-state index contributed by atoms with van der Waals surface area (Å²) in [7, 11) is 1.81. The van der Waals surface area contributed by atoms with Crippen molar-refractivity contribution in [3.8, 4) is 5.75 Å². The van der Waals surface area contributed by atoms with E-state index in [0.29, 0.717) is 0 Å². The van der Waals surface area contributed by atoms with Gasteiger partial charge in [-0.05, 0) is 37.2 Å². The lowest BCUT2D eigenvalue weighted by molar-refractivity contribution is 0.260. The Balaban J connectivity index is 2.12. The molecule has 0 amide bonds. The van der Waals surface area contributed by atoms with E-state index < -0.39 is 11.6 Å². The number of ether oxygens (including phenoxy) is 1. The molecule has 2 aromatic carbocycles. The summed E-state index contributed by atoms with van der Waals surface area (Å²) in [6, 6.07) is 11.0. The van der Waals surface area contributed by atoms with Crippen LogP contribution in [0, 0.1) is 18.6 Å². The van der Waals surface area contributed by atoms with E-state index in [4.69, 9.17) is 4.74 Å². The SMILES string of the molecule is CNC(COc1cc(F)ccc1F)c1ccccc1C. The van der Waals surface area contributed by atoms with E-state index in [9.17, 15) is 8.78 Å². The number of hydrogen-bond donors (Lipinski definition) is 1. The van der Waals surface area contributed by atoms with Crippen LogP contribution in [-0.4, -0.2) is 13.7 Å². The molecular formula is C16H17F2NO. The summed E-state index contributed by atoms with van der Waals surface area (Å²) in [5, 5.41) is 3.12. The predicted octanol–water partition coefficient (Wildman–Crippen LogP) is 3.61. The van der Waals surface area contributed by atoms with Crippen molar-refractivity contribution < 1.29 is 13.5 Å². The van der Waals surface area contributed by atoms with Gasteiger partial charge in [-0.3, -0.25) is 0 Å². The topological polar surface area (TPSA) is 21.3 Å². The first-order valence-corrected chi connectivity index (χ1v) is 6.42. The van der Waals surface area contributed by atoms with E-state index >= 15 is 0 Å². The van der Waals surface area contributed by atoms with Gasteiger partial charge in [-0.2, -0.15) is 0 Å². The van der Waals surface area contributed by atoms with Crippen LogP contribution in [0.15, 0.2) is 42.5 Å². The Hall–Kier alpha value is -1.94. The molecule has 1 atom stereocenters. The van der Waals surface area contributed by atoms with Crippen LogP contribution in [0.3, 0.4) is 0 Å². The normalized spacial score (nSPS) is 12.2. The zero-order valence-corrected chi connectivity index (χ0v) is 11.5. The van der Waals surface area contributed by atoms with Crippen LogP contribution in [-0.2, 0) is 0 Å². The number of rotatable bonds is 5. The third kappa shape index (κ3) is 3.33. The third-order valence-corrected chi connectivity index (χ3v) is 3.21. The summed E-state index contributed by atoms with van der Waals surface area (Å²) in [5.74, 6) is -1.15. The minimum absolute atomic E-state index is 0.0705. The molecule has 2 rings (SSSR count). The van der Waals surface area contributed by atoms with Crippen LogP contribution in [0.2, 0.25) is 0 Å². The Morgan fingerprint density at radius 1 is 1.15 bits per heavy atom. The van der Waals surface area contributed by atoms with E-state index in [1.807, 2.05) is 38.2 Å². The number of hydrogen-bond acceptors (Lipinski definition) is 2. The van der Waals surface area contributed by atoms with Gasteiger partial charge >= 0.3 is 0 Å². The van der Waals surface area contributed by atoms with Crippen molar-refractivity contribution in [2.45, 2.75) is 13.0 Å². The lowest BCUT2D eigenvalue weighted by Gasteiger charge is -2.19. The van der Waals surface area contributed by atoms with Crippen LogP contribution in [0.5, 0.6) is 5.75 Å². The van der Waals surface area contributed by atoms with Gasteiger partial charge in [0.25, 0.3) is 0 Å². The van der Waals surface area contributed by atoms with E-state index in [-0.39, 0.29) is 18.4 Å². The van der Waals surface area contributed by atoms with Crippen molar-refractivity contribution in [1.82, 2.24) is 5.32 Å². The maximum Gasteiger partial charge on any atom is 0.165 e. The van der Waals surface area contributed by atoms with Gasteiger partial charge in [0.1, 0.15) is 12.4 Å². The van der Waals surface area contributed by atoms with Crippen molar-refractivity contribution in [3.63, 3.8) is 0 Å². The van der Waals surface area contributed by atoms with Crippen LogP contribution < -0.4 is 10.1 Å².